The van der Waals surface area contributed by atoms with E-state index in [-0.39, 0.29) is 0 Å². The number of pyridine rings is 2. The van der Waals surface area contributed by atoms with Gasteiger partial charge in [-0.15, -0.1) is 0 Å². The molecule has 4 rings (SSSR count). The van der Waals surface area contributed by atoms with E-state index in [1.54, 1.807) is 0 Å². The summed E-state index contributed by atoms with van der Waals surface area (Å²) in [7, 11) is 0. The van der Waals surface area contributed by atoms with E-state index in [1.807, 2.05) is 32.2 Å². The minimum absolute atomic E-state index is 0.454. The number of imidazole rings is 1. The number of hydrogen-bond donors (Lipinski definition) is 0. The predicted molar refractivity (Wildman–Crippen MR) is 92.9 cm³/mol. The average molecular weight is 372 g/mol. The zero-order valence-corrected chi connectivity index (χ0v) is 14.8. The van der Waals surface area contributed by atoms with Crippen molar-refractivity contribution in [2.24, 2.45) is 0 Å². The van der Waals surface area contributed by atoms with Crippen LogP contribution in [0.3, 0.4) is 0 Å². The van der Waals surface area contributed by atoms with Gasteiger partial charge in [0.15, 0.2) is 5.65 Å². The lowest BCUT2D eigenvalue weighted by Gasteiger charge is -2.05. The van der Waals surface area contributed by atoms with Gasteiger partial charge in [0.2, 0.25) is 0 Å². The van der Waals surface area contributed by atoms with E-state index in [4.69, 9.17) is 4.74 Å². The second-order valence-electron chi connectivity index (χ2n) is 6.23. The van der Waals surface area contributed by atoms with Gasteiger partial charge in [-0.1, -0.05) is 0 Å². The molecule has 118 valence electrons. The third-order valence-electron chi connectivity index (χ3n) is 4.07. The largest absolute Gasteiger partial charge is 0.487 e. The van der Waals surface area contributed by atoms with Gasteiger partial charge in [0.25, 0.3) is 0 Å². The molecule has 0 aromatic carbocycles. The number of hydrogen-bond acceptors (Lipinski definition) is 3. The molecule has 0 radical (unpaired) electrons. The molecule has 0 amide bonds. The smallest absolute Gasteiger partial charge is 0.151 e. The standard InChI is InChI=1S/C18H18BrN3O/c1-11-5-16(6-12(2)20-11)23-10-15-9-22-8-14(13-3-4-13)7-17(19)18(22)21-15/h5-9,13H,3-4,10H2,1-2H3. The first-order valence-corrected chi connectivity index (χ1v) is 8.63. The topological polar surface area (TPSA) is 39.4 Å². The van der Waals surface area contributed by atoms with E-state index in [9.17, 15) is 0 Å². The van der Waals surface area contributed by atoms with Crippen molar-refractivity contribution in [3.8, 4) is 5.75 Å². The summed E-state index contributed by atoms with van der Waals surface area (Å²) >= 11 is 3.64. The highest BCUT2D eigenvalue weighted by Crippen LogP contribution is 2.41. The molecule has 23 heavy (non-hydrogen) atoms. The van der Waals surface area contributed by atoms with Crippen molar-refractivity contribution >= 4 is 21.6 Å². The van der Waals surface area contributed by atoms with Gasteiger partial charge >= 0.3 is 0 Å². The molecular weight excluding hydrogens is 354 g/mol. The molecule has 1 aliphatic carbocycles. The highest BCUT2D eigenvalue weighted by atomic mass is 79.9. The molecule has 1 saturated carbocycles. The van der Waals surface area contributed by atoms with Crippen LogP contribution < -0.4 is 4.74 Å². The van der Waals surface area contributed by atoms with Crippen molar-refractivity contribution in [3.05, 3.63) is 57.7 Å². The lowest BCUT2D eigenvalue weighted by atomic mass is 10.2. The molecule has 4 nitrogen and oxygen atoms in total. The Kier molecular flexibility index (Phi) is 3.60. The lowest BCUT2D eigenvalue weighted by molar-refractivity contribution is 0.301. The highest BCUT2D eigenvalue weighted by Gasteiger charge is 2.24. The molecule has 3 heterocycles. The van der Waals surface area contributed by atoms with Crippen molar-refractivity contribution in [2.75, 3.05) is 0 Å². The molecule has 0 bridgehead atoms. The van der Waals surface area contributed by atoms with E-state index < -0.39 is 0 Å². The van der Waals surface area contributed by atoms with Crippen LogP contribution in [0.2, 0.25) is 0 Å². The van der Waals surface area contributed by atoms with Crippen LogP contribution in [0.5, 0.6) is 5.75 Å². The average Bonchev–Trinajstić information content (AvgIpc) is 3.24. The number of halogens is 1. The van der Waals surface area contributed by atoms with Crippen LogP contribution in [0.4, 0.5) is 0 Å². The molecule has 5 heteroatoms. The van der Waals surface area contributed by atoms with Crippen LogP contribution in [0, 0.1) is 13.8 Å². The lowest BCUT2D eigenvalue weighted by Crippen LogP contribution is -1.97. The fraction of sp³-hybridized carbons (Fsp3) is 0.333. The molecule has 1 aliphatic rings. The molecule has 3 aromatic rings. The molecule has 0 aliphatic heterocycles. The fourth-order valence-corrected chi connectivity index (χ4v) is 3.43. The number of rotatable bonds is 4. The van der Waals surface area contributed by atoms with Crippen molar-refractivity contribution < 1.29 is 4.74 Å². The van der Waals surface area contributed by atoms with Crippen LogP contribution in [0.15, 0.2) is 35.1 Å². The van der Waals surface area contributed by atoms with E-state index in [0.29, 0.717) is 6.61 Å². The summed E-state index contributed by atoms with van der Waals surface area (Å²) in [4.78, 5) is 9.03. The minimum atomic E-state index is 0.454. The summed E-state index contributed by atoms with van der Waals surface area (Å²) in [5, 5.41) is 0. The van der Waals surface area contributed by atoms with E-state index in [2.05, 4.69) is 42.6 Å². The van der Waals surface area contributed by atoms with Crippen LogP contribution in [0.25, 0.3) is 5.65 Å². The Hall–Kier alpha value is -1.88. The molecule has 0 saturated heterocycles. The number of nitrogens with zero attached hydrogens (tertiary/aromatic N) is 3. The first-order chi connectivity index (χ1) is 11.1. The number of fused-ring (bicyclic) bond motifs is 1. The zero-order chi connectivity index (χ0) is 16.0. The predicted octanol–water partition coefficient (Wildman–Crippen LogP) is 4.57. The highest BCUT2D eigenvalue weighted by molar-refractivity contribution is 9.10. The third kappa shape index (κ3) is 3.11. The number of ether oxygens (including phenoxy) is 1. The SMILES string of the molecule is Cc1cc(OCc2cn3cc(C4CC4)cc(Br)c3n2)cc(C)n1. The van der Waals surface area contributed by atoms with Gasteiger partial charge in [-0.25, -0.2) is 4.98 Å². The second kappa shape index (κ2) is 5.64. The summed E-state index contributed by atoms with van der Waals surface area (Å²) in [5.41, 5.74) is 5.18. The van der Waals surface area contributed by atoms with Crippen molar-refractivity contribution in [1.29, 1.82) is 0 Å². The van der Waals surface area contributed by atoms with E-state index in [1.165, 1.54) is 18.4 Å². The van der Waals surface area contributed by atoms with Gasteiger partial charge in [0.1, 0.15) is 12.4 Å². The second-order valence-corrected chi connectivity index (χ2v) is 7.09. The van der Waals surface area contributed by atoms with Crippen molar-refractivity contribution in [2.45, 2.75) is 39.2 Å². The Morgan fingerprint density at radius 2 is 1.87 bits per heavy atom. The molecule has 3 aromatic heterocycles. The Morgan fingerprint density at radius 3 is 2.57 bits per heavy atom. The number of aromatic nitrogens is 3. The maximum Gasteiger partial charge on any atom is 0.151 e. The molecule has 0 unspecified atom stereocenters. The van der Waals surface area contributed by atoms with Crippen molar-refractivity contribution in [3.63, 3.8) is 0 Å². The third-order valence-corrected chi connectivity index (χ3v) is 4.65. The summed E-state index contributed by atoms with van der Waals surface area (Å²) in [6.45, 7) is 4.40. The minimum Gasteiger partial charge on any atom is -0.487 e. The Balaban J connectivity index is 1.58. The Morgan fingerprint density at radius 1 is 1.13 bits per heavy atom. The van der Waals surface area contributed by atoms with Crippen LogP contribution in [0.1, 0.15) is 41.4 Å². The molecule has 0 N–H and O–H groups in total. The molecular formula is C18H18BrN3O. The maximum absolute atomic E-state index is 5.88. The van der Waals surface area contributed by atoms with Gasteiger partial charge in [0, 0.05) is 35.9 Å². The maximum atomic E-state index is 5.88. The van der Waals surface area contributed by atoms with Gasteiger partial charge in [0.05, 0.1) is 10.2 Å². The van der Waals surface area contributed by atoms with E-state index >= 15 is 0 Å². The molecule has 1 fully saturated rings. The quantitative estimate of drug-likeness (QED) is 0.674. The van der Waals surface area contributed by atoms with E-state index in [0.717, 1.165) is 38.9 Å². The molecule has 0 atom stereocenters. The first-order valence-electron chi connectivity index (χ1n) is 7.83. The summed E-state index contributed by atoms with van der Waals surface area (Å²) in [6, 6.07) is 6.09. The van der Waals surface area contributed by atoms with Gasteiger partial charge in [-0.2, -0.15) is 0 Å². The summed E-state index contributed by atoms with van der Waals surface area (Å²) in [5.74, 6) is 1.56. The summed E-state index contributed by atoms with van der Waals surface area (Å²) < 4.78 is 9.02. The van der Waals surface area contributed by atoms with Crippen LogP contribution in [-0.2, 0) is 6.61 Å². The number of aryl methyl sites for hydroxylation is 2. The zero-order valence-electron chi connectivity index (χ0n) is 13.2. The van der Waals surface area contributed by atoms with Crippen molar-refractivity contribution in [1.82, 2.24) is 14.4 Å². The molecule has 0 spiro atoms. The first kappa shape index (κ1) is 14.7. The van der Waals surface area contributed by atoms with Crippen LogP contribution in [-0.4, -0.2) is 14.4 Å². The Bertz CT molecular complexity index is 863. The summed E-state index contributed by atoms with van der Waals surface area (Å²) in [6.07, 6.45) is 6.83. The normalized spacial score (nSPS) is 14.4. The van der Waals surface area contributed by atoms with Gasteiger partial charge in [-0.3, -0.25) is 4.98 Å². The van der Waals surface area contributed by atoms with Gasteiger partial charge < -0.3 is 9.14 Å². The fourth-order valence-electron chi connectivity index (χ4n) is 2.87. The Labute approximate surface area is 143 Å². The monoisotopic (exact) mass is 371 g/mol. The van der Waals surface area contributed by atoms with Gasteiger partial charge in [-0.05, 0) is 60.2 Å². The van der Waals surface area contributed by atoms with Crippen LogP contribution >= 0.6 is 15.9 Å².